The molecule has 4 nitrogen and oxygen atoms in total. The second kappa shape index (κ2) is 6.29. The molecular formula is C16H24N4. The molecule has 20 heavy (non-hydrogen) atoms. The lowest BCUT2D eigenvalue weighted by molar-refractivity contribution is 0.379. The molecule has 1 aliphatic carbocycles. The molecule has 4 heteroatoms. The zero-order valence-electron chi connectivity index (χ0n) is 12.7. The number of hydrogen-bond acceptors (Lipinski definition) is 2. The van der Waals surface area contributed by atoms with Crippen molar-refractivity contribution in [1.29, 1.82) is 0 Å². The van der Waals surface area contributed by atoms with E-state index in [1.165, 1.54) is 16.7 Å². The fourth-order valence-electron chi connectivity index (χ4n) is 2.72. The van der Waals surface area contributed by atoms with E-state index in [2.05, 4.69) is 54.3 Å². The molecule has 1 aromatic rings. The van der Waals surface area contributed by atoms with Crippen molar-refractivity contribution < 1.29 is 0 Å². The van der Waals surface area contributed by atoms with E-state index < -0.39 is 0 Å². The fourth-order valence-corrected chi connectivity index (χ4v) is 2.72. The quantitative estimate of drug-likeness (QED) is 0.489. The normalized spacial score (nSPS) is 18.2. The summed E-state index contributed by atoms with van der Waals surface area (Å²) in [7, 11) is 0. The van der Waals surface area contributed by atoms with Gasteiger partial charge in [-0.2, -0.15) is 0 Å². The summed E-state index contributed by atoms with van der Waals surface area (Å²) in [4.78, 5) is 2.97. The lowest BCUT2D eigenvalue weighted by Gasteiger charge is -2.23. The molecule has 0 radical (unpaired) electrons. The molecule has 1 atom stereocenters. The smallest absolute Gasteiger partial charge is 0.0628 e. The summed E-state index contributed by atoms with van der Waals surface area (Å²) in [5.41, 5.74) is 12.8. The van der Waals surface area contributed by atoms with Crippen LogP contribution in [0.4, 0.5) is 0 Å². The second-order valence-corrected chi connectivity index (χ2v) is 6.81. The van der Waals surface area contributed by atoms with Gasteiger partial charge in [-0.25, -0.2) is 0 Å². The van der Waals surface area contributed by atoms with Crippen molar-refractivity contribution in [3.05, 3.63) is 45.3 Å². The van der Waals surface area contributed by atoms with Crippen molar-refractivity contribution in [2.45, 2.75) is 52.6 Å². The Labute approximate surface area is 121 Å². The zero-order chi connectivity index (χ0) is 14.6. The van der Waals surface area contributed by atoms with Gasteiger partial charge >= 0.3 is 0 Å². The summed E-state index contributed by atoms with van der Waals surface area (Å²) >= 11 is 0. The Balaban J connectivity index is 2.06. The first-order chi connectivity index (χ1) is 9.49. The highest BCUT2D eigenvalue weighted by Crippen LogP contribution is 2.33. The Bertz CT molecular complexity index is 510. The van der Waals surface area contributed by atoms with Gasteiger partial charge in [0.1, 0.15) is 0 Å². The van der Waals surface area contributed by atoms with E-state index >= 15 is 0 Å². The molecule has 1 N–H and O–H groups in total. The first-order valence-electron chi connectivity index (χ1n) is 7.36. The van der Waals surface area contributed by atoms with E-state index in [4.69, 9.17) is 5.53 Å². The molecule has 0 fully saturated rings. The Morgan fingerprint density at radius 2 is 2.20 bits per heavy atom. The van der Waals surface area contributed by atoms with Gasteiger partial charge in [0, 0.05) is 18.0 Å². The third kappa shape index (κ3) is 3.99. The number of nitrogens with zero attached hydrogens (tertiary/aromatic N) is 3. The van der Waals surface area contributed by atoms with E-state index in [0.717, 1.165) is 32.4 Å². The molecule has 0 amide bonds. The van der Waals surface area contributed by atoms with Crippen molar-refractivity contribution in [3.8, 4) is 0 Å². The van der Waals surface area contributed by atoms with Crippen molar-refractivity contribution in [3.63, 3.8) is 0 Å². The maximum atomic E-state index is 8.64. The third-order valence-electron chi connectivity index (χ3n) is 3.67. The Hall–Kier alpha value is -1.51. The first kappa shape index (κ1) is 14.9. The maximum Gasteiger partial charge on any atom is 0.0628 e. The molecule has 1 aromatic carbocycles. The molecule has 0 saturated heterocycles. The summed E-state index contributed by atoms with van der Waals surface area (Å²) in [6, 6.07) is 6.59. The molecule has 0 aliphatic heterocycles. The SMILES string of the molecule is CC(C)(C)CNCc1ccc2c(c1)CCCC2N=[N+]=[N-]. The topological polar surface area (TPSA) is 60.8 Å². The largest absolute Gasteiger partial charge is 0.312 e. The van der Waals surface area contributed by atoms with E-state index in [-0.39, 0.29) is 6.04 Å². The van der Waals surface area contributed by atoms with Crippen molar-refractivity contribution >= 4 is 0 Å². The van der Waals surface area contributed by atoms with Crippen LogP contribution in [0.15, 0.2) is 23.3 Å². The minimum absolute atomic E-state index is 0.0281. The summed E-state index contributed by atoms with van der Waals surface area (Å²) in [6.07, 6.45) is 3.17. The Morgan fingerprint density at radius 1 is 1.40 bits per heavy atom. The van der Waals surface area contributed by atoms with Gasteiger partial charge in [-0.3, -0.25) is 0 Å². The molecular weight excluding hydrogens is 248 g/mol. The fraction of sp³-hybridized carbons (Fsp3) is 0.625. The number of rotatable bonds is 4. The summed E-state index contributed by atoms with van der Waals surface area (Å²) in [5, 5.41) is 7.42. The van der Waals surface area contributed by atoms with Gasteiger partial charge in [-0.15, -0.1) is 0 Å². The Kier molecular flexibility index (Phi) is 4.69. The lowest BCUT2D eigenvalue weighted by atomic mass is 9.87. The number of benzene rings is 1. The van der Waals surface area contributed by atoms with Crippen molar-refractivity contribution in [2.75, 3.05) is 6.54 Å². The number of aryl methyl sites for hydroxylation is 1. The van der Waals surface area contributed by atoms with Crippen molar-refractivity contribution in [2.24, 2.45) is 10.5 Å². The lowest BCUT2D eigenvalue weighted by Crippen LogP contribution is -2.26. The molecule has 1 unspecified atom stereocenters. The van der Waals surface area contributed by atoms with Crippen LogP contribution in [-0.2, 0) is 13.0 Å². The molecule has 0 aromatic heterocycles. The standard InChI is InChI=1S/C16H24N4/c1-16(2,3)11-18-10-12-7-8-14-13(9-12)5-4-6-15(14)19-20-17/h7-9,15,18H,4-6,10-11H2,1-3H3. The van der Waals surface area contributed by atoms with E-state index in [1.54, 1.807) is 0 Å². The second-order valence-electron chi connectivity index (χ2n) is 6.81. The van der Waals surface area contributed by atoms with E-state index in [0.29, 0.717) is 5.41 Å². The van der Waals surface area contributed by atoms with Crippen LogP contribution in [0.1, 0.15) is 56.3 Å². The number of hydrogen-bond donors (Lipinski definition) is 1. The predicted molar refractivity (Wildman–Crippen MR) is 82.4 cm³/mol. The molecule has 1 aliphatic rings. The average molecular weight is 272 g/mol. The zero-order valence-corrected chi connectivity index (χ0v) is 12.7. The van der Waals surface area contributed by atoms with Crippen LogP contribution in [-0.4, -0.2) is 6.54 Å². The number of nitrogens with one attached hydrogen (secondary N) is 1. The van der Waals surface area contributed by atoms with Crippen LogP contribution in [0, 0.1) is 5.41 Å². The summed E-state index contributed by atoms with van der Waals surface area (Å²) in [6.45, 7) is 8.61. The van der Waals surface area contributed by atoms with Crippen LogP contribution >= 0.6 is 0 Å². The van der Waals surface area contributed by atoms with Gasteiger partial charge in [0.25, 0.3) is 0 Å². The summed E-state index contributed by atoms with van der Waals surface area (Å²) < 4.78 is 0. The van der Waals surface area contributed by atoms with Gasteiger partial charge < -0.3 is 5.32 Å². The molecule has 108 valence electrons. The highest BCUT2D eigenvalue weighted by molar-refractivity contribution is 5.36. The number of azide groups is 1. The highest BCUT2D eigenvalue weighted by Gasteiger charge is 2.19. The average Bonchev–Trinajstić information content (AvgIpc) is 2.37. The van der Waals surface area contributed by atoms with Crippen LogP contribution < -0.4 is 5.32 Å². The molecule has 0 spiro atoms. The minimum atomic E-state index is 0.0281. The van der Waals surface area contributed by atoms with Gasteiger partial charge in [0.15, 0.2) is 0 Å². The molecule has 0 bridgehead atoms. The molecule has 2 rings (SSSR count). The van der Waals surface area contributed by atoms with Gasteiger partial charge in [0.2, 0.25) is 0 Å². The van der Waals surface area contributed by atoms with E-state index in [1.807, 2.05) is 0 Å². The first-order valence-corrected chi connectivity index (χ1v) is 7.36. The van der Waals surface area contributed by atoms with Crippen LogP contribution in [0.2, 0.25) is 0 Å². The van der Waals surface area contributed by atoms with Gasteiger partial charge in [-0.1, -0.05) is 44.1 Å². The summed E-state index contributed by atoms with van der Waals surface area (Å²) in [5.74, 6) is 0. The van der Waals surface area contributed by atoms with Crippen LogP contribution in [0.3, 0.4) is 0 Å². The highest BCUT2D eigenvalue weighted by atomic mass is 15.1. The van der Waals surface area contributed by atoms with Gasteiger partial charge in [-0.05, 0) is 46.9 Å². The minimum Gasteiger partial charge on any atom is -0.312 e. The Morgan fingerprint density at radius 3 is 2.90 bits per heavy atom. The number of fused-ring (bicyclic) bond motifs is 1. The van der Waals surface area contributed by atoms with Crippen molar-refractivity contribution in [1.82, 2.24) is 5.32 Å². The molecule has 0 heterocycles. The van der Waals surface area contributed by atoms with Crippen LogP contribution in [0.25, 0.3) is 10.4 Å². The molecule has 0 saturated carbocycles. The predicted octanol–water partition coefficient (Wildman–Crippen LogP) is 4.51. The maximum absolute atomic E-state index is 8.64. The van der Waals surface area contributed by atoms with Gasteiger partial charge in [0.05, 0.1) is 6.04 Å². The van der Waals surface area contributed by atoms with Crippen LogP contribution in [0.5, 0.6) is 0 Å². The van der Waals surface area contributed by atoms with E-state index in [9.17, 15) is 0 Å². The third-order valence-corrected chi connectivity index (χ3v) is 3.67. The monoisotopic (exact) mass is 272 g/mol.